The minimum Gasteiger partial charge on any atom is -0.497 e. The lowest BCUT2D eigenvalue weighted by molar-refractivity contribution is -0.144. The maximum absolute atomic E-state index is 5.60. The van der Waals surface area contributed by atoms with Crippen LogP contribution in [0, 0.1) is 4.77 Å². The molecule has 0 aliphatic carbocycles. The van der Waals surface area contributed by atoms with E-state index in [0.29, 0.717) is 31.0 Å². The van der Waals surface area contributed by atoms with E-state index >= 15 is 0 Å². The third kappa shape index (κ3) is 4.89. The van der Waals surface area contributed by atoms with Crippen molar-refractivity contribution in [1.29, 1.82) is 0 Å². The van der Waals surface area contributed by atoms with Gasteiger partial charge in [-0.2, -0.15) is 5.10 Å². The Bertz CT molecular complexity index is 663. The van der Waals surface area contributed by atoms with Gasteiger partial charge in [0.1, 0.15) is 11.6 Å². The molecular weight excluding hydrogens is 314 g/mol. The normalized spacial score (nSPS) is 11.1. The summed E-state index contributed by atoms with van der Waals surface area (Å²) in [5, 5.41) is 7.18. The fourth-order valence-electron chi connectivity index (χ4n) is 2.31. The Balaban J connectivity index is 2.18. The second kappa shape index (κ2) is 8.81. The Kier molecular flexibility index (Phi) is 6.76. The summed E-state index contributed by atoms with van der Waals surface area (Å²) in [6.45, 7) is 5.56. The van der Waals surface area contributed by atoms with Crippen LogP contribution in [0.5, 0.6) is 5.75 Å². The van der Waals surface area contributed by atoms with Gasteiger partial charge in [0.2, 0.25) is 0 Å². The summed E-state index contributed by atoms with van der Waals surface area (Å²) >= 11 is 5.33. The first-order chi connectivity index (χ1) is 11.2. The van der Waals surface area contributed by atoms with Gasteiger partial charge in [-0.25, -0.2) is 0 Å². The second-order valence-electron chi connectivity index (χ2n) is 4.92. The molecule has 7 heteroatoms. The van der Waals surface area contributed by atoms with Crippen LogP contribution < -0.4 is 4.74 Å². The van der Waals surface area contributed by atoms with Gasteiger partial charge in [0.15, 0.2) is 11.1 Å². The summed E-state index contributed by atoms with van der Waals surface area (Å²) in [5.74, 6) is 1.66. The molecule has 0 atom stereocenters. The molecule has 1 N–H and O–H groups in total. The smallest absolute Gasteiger partial charge is 0.195 e. The Morgan fingerprint density at radius 3 is 2.65 bits per heavy atom. The molecule has 126 valence electrons. The van der Waals surface area contributed by atoms with Crippen molar-refractivity contribution < 1.29 is 14.2 Å². The zero-order chi connectivity index (χ0) is 16.7. The van der Waals surface area contributed by atoms with Crippen LogP contribution in [-0.2, 0) is 22.4 Å². The minimum absolute atomic E-state index is 0.335. The van der Waals surface area contributed by atoms with E-state index in [2.05, 4.69) is 10.2 Å². The minimum atomic E-state index is -0.335. The summed E-state index contributed by atoms with van der Waals surface area (Å²) in [5.41, 5.74) is 1.10. The monoisotopic (exact) mass is 337 g/mol. The Morgan fingerprint density at radius 2 is 2.00 bits per heavy atom. The summed E-state index contributed by atoms with van der Waals surface area (Å²) in [7, 11) is 1.66. The average Bonchev–Trinajstić information content (AvgIpc) is 2.89. The SMILES string of the molecule is CCOC(Cn1c(Cc2cccc(OC)c2)n[nH]c1=S)OCC. The lowest BCUT2D eigenvalue weighted by Gasteiger charge is -2.18. The lowest BCUT2D eigenvalue weighted by atomic mass is 10.1. The highest BCUT2D eigenvalue weighted by molar-refractivity contribution is 7.71. The van der Waals surface area contributed by atoms with Crippen molar-refractivity contribution in [3.63, 3.8) is 0 Å². The maximum atomic E-state index is 5.60. The number of hydrogen-bond acceptors (Lipinski definition) is 5. The van der Waals surface area contributed by atoms with Crippen LogP contribution in [0.15, 0.2) is 24.3 Å². The summed E-state index contributed by atoms with van der Waals surface area (Å²) in [6.07, 6.45) is 0.313. The van der Waals surface area contributed by atoms with Crippen molar-refractivity contribution in [2.75, 3.05) is 20.3 Å². The zero-order valence-electron chi connectivity index (χ0n) is 13.7. The molecule has 0 aliphatic heterocycles. The molecule has 1 aromatic heterocycles. The molecule has 1 heterocycles. The van der Waals surface area contributed by atoms with Crippen LogP contribution >= 0.6 is 12.2 Å². The van der Waals surface area contributed by atoms with Crippen LogP contribution in [-0.4, -0.2) is 41.4 Å². The number of rotatable bonds is 9. The van der Waals surface area contributed by atoms with Gasteiger partial charge in [-0.15, -0.1) is 0 Å². The van der Waals surface area contributed by atoms with E-state index < -0.39 is 0 Å². The lowest BCUT2D eigenvalue weighted by Crippen LogP contribution is -2.25. The molecule has 0 amide bonds. The summed E-state index contributed by atoms with van der Waals surface area (Å²) in [6, 6.07) is 7.90. The number of aromatic amines is 1. The Labute approximate surface area is 141 Å². The molecule has 0 spiro atoms. The van der Waals surface area contributed by atoms with Crippen LogP contribution in [0.3, 0.4) is 0 Å². The van der Waals surface area contributed by atoms with E-state index in [1.165, 1.54) is 0 Å². The average molecular weight is 337 g/mol. The van der Waals surface area contributed by atoms with E-state index in [9.17, 15) is 0 Å². The van der Waals surface area contributed by atoms with Gasteiger partial charge in [0.05, 0.1) is 13.7 Å². The van der Waals surface area contributed by atoms with E-state index in [0.717, 1.165) is 17.1 Å². The topological polar surface area (TPSA) is 61.3 Å². The van der Waals surface area contributed by atoms with E-state index in [1.54, 1.807) is 7.11 Å². The van der Waals surface area contributed by atoms with Crippen molar-refractivity contribution in [3.8, 4) is 5.75 Å². The molecule has 6 nitrogen and oxygen atoms in total. The van der Waals surface area contributed by atoms with Crippen LogP contribution in [0.4, 0.5) is 0 Å². The van der Waals surface area contributed by atoms with Crippen LogP contribution in [0.2, 0.25) is 0 Å². The standard InChI is InChI=1S/C16H23N3O3S/c1-4-21-15(22-5-2)11-19-14(17-18-16(19)23)10-12-7-6-8-13(9-12)20-3/h6-9,15H,4-5,10-11H2,1-3H3,(H,18,23). The first-order valence-corrected chi connectivity index (χ1v) is 8.09. The maximum Gasteiger partial charge on any atom is 0.195 e. The van der Waals surface area contributed by atoms with E-state index in [-0.39, 0.29) is 6.29 Å². The predicted octanol–water partition coefficient (Wildman–Crippen LogP) is 2.94. The van der Waals surface area contributed by atoms with E-state index in [1.807, 2.05) is 42.7 Å². The third-order valence-corrected chi connectivity index (χ3v) is 3.68. The van der Waals surface area contributed by atoms with Gasteiger partial charge in [-0.05, 0) is 43.8 Å². The zero-order valence-corrected chi connectivity index (χ0v) is 14.6. The molecule has 2 aromatic rings. The third-order valence-electron chi connectivity index (χ3n) is 3.37. The summed E-state index contributed by atoms with van der Waals surface area (Å²) in [4.78, 5) is 0. The highest BCUT2D eigenvalue weighted by Gasteiger charge is 2.14. The fourth-order valence-corrected chi connectivity index (χ4v) is 2.54. The van der Waals surface area contributed by atoms with Crippen LogP contribution in [0.1, 0.15) is 25.2 Å². The molecule has 2 rings (SSSR count). The van der Waals surface area contributed by atoms with Gasteiger partial charge < -0.3 is 14.2 Å². The molecule has 0 radical (unpaired) electrons. The van der Waals surface area contributed by atoms with Crippen molar-refractivity contribution in [2.45, 2.75) is 33.1 Å². The number of benzene rings is 1. The first-order valence-electron chi connectivity index (χ1n) is 7.68. The number of nitrogens with zero attached hydrogens (tertiary/aromatic N) is 2. The number of hydrogen-bond donors (Lipinski definition) is 1. The van der Waals surface area contributed by atoms with Gasteiger partial charge in [0.25, 0.3) is 0 Å². The largest absolute Gasteiger partial charge is 0.497 e. The van der Waals surface area contributed by atoms with Gasteiger partial charge in [-0.1, -0.05) is 12.1 Å². The van der Waals surface area contributed by atoms with Crippen molar-refractivity contribution >= 4 is 12.2 Å². The molecule has 0 saturated heterocycles. The molecule has 0 aliphatic rings. The molecule has 1 aromatic carbocycles. The van der Waals surface area contributed by atoms with Crippen molar-refractivity contribution in [1.82, 2.24) is 14.8 Å². The number of ether oxygens (including phenoxy) is 3. The second-order valence-corrected chi connectivity index (χ2v) is 5.31. The first kappa shape index (κ1) is 17.7. The summed E-state index contributed by atoms with van der Waals surface area (Å²) < 4.78 is 18.9. The number of methoxy groups -OCH3 is 1. The molecular formula is C16H23N3O3S. The number of nitrogens with one attached hydrogen (secondary N) is 1. The van der Waals surface area contributed by atoms with Crippen molar-refractivity contribution in [3.05, 3.63) is 40.4 Å². The molecule has 0 unspecified atom stereocenters. The Morgan fingerprint density at radius 1 is 1.26 bits per heavy atom. The highest BCUT2D eigenvalue weighted by atomic mass is 32.1. The number of H-pyrrole nitrogens is 1. The molecule has 0 bridgehead atoms. The predicted molar refractivity (Wildman–Crippen MR) is 90.3 cm³/mol. The van der Waals surface area contributed by atoms with Gasteiger partial charge >= 0.3 is 0 Å². The van der Waals surface area contributed by atoms with Gasteiger partial charge in [-0.3, -0.25) is 9.67 Å². The molecule has 0 fully saturated rings. The van der Waals surface area contributed by atoms with Crippen LogP contribution in [0.25, 0.3) is 0 Å². The quantitative estimate of drug-likeness (QED) is 0.563. The number of aromatic nitrogens is 3. The Hall–Kier alpha value is -1.70. The molecule has 23 heavy (non-hydrogen) atoms. The van der Waals surface area contributed by atoms with E-state index in [4.69, 9.17) is 26.4 Å². The molecule has 0 saturated carbocycles. The fraction of sp³-hybridized carbons (Fsp3) is 0.500. The highest BCUT2D eigenvalue weighted by Crippen LogP contribution is 2.16. The van der Waals surface area contributed by atoms with Gasteiger partial charge in [0, 0.05) is 19.6 Å². The van der Waals surface area contributed by atoms with Crippen molar-refractivity contribution in [2.24, 2.45) is 0 Å².